The summed E-state index contributed by atoms with van der Waals surface area (Å²) < 4.78 is 85.8. The van der Waals surface area contributed by atoms with Crippen LogP contribution in [0.3, 0.4) is 0 Å². The molecule has 0 bridgehead atoms. The van der Waals surface area contributed by atoms with Crippen LogP contribution >= 0.6 is 0 Å². The summed E-state index contributed by atoms with van der Waals surface area (Å²) in [5, 5.41) is 183. The van der Waals surface area contributed by atoms with Crippen LogP contribution in [0.4, 0.5) is 0 Å². The molecule has 32 heteroatoms. The van der Waals surface area contributed by atoms with Gasteiger partial charge in [-0.1, -0.05) is 27.7 Å². The fourth-order valence-corrected chi connectivity index (χ4v) is 18.0. The predicted molar refractivity (Wildman–Crippen MR) is 309 cm³/mol. The zero-order valence-corrected chi connectivity index (χ0v) is 53.7. The first kappa shape index (κ1) is 73.6. The molecule has 0 spiro atoms. The maximum atomic E-state index is 15.2. The summed E-state index contributed by atoms with van der Waals surface area (Å²) in [5.74, 6) is -0.955. The van der Waals surface area contributed by atoms with Gasteiger partial charge in [0.1, 0.15) is 134 Å². The summed E-state index contributed by atoms with van der Waals surface area (Å²) >= 11 is 0. The quantitative estimate of drug-likeness (QED) is 0.0504. The minimum absolute atomic E-state index is 0.0218. The molecule has 11 fully saturated rings. The highest BCUT2D eigenvalue weighted by Gasteiger charge is 2.72. The second-order valence-electron chi connectivity index (χ2n) is 29.0. The molecule has 542 valence electrons. The van der Waals surface area contributed by atoms with Gasteiger partial charge in [-0.25, -0.2) is 0 Å². The molecular formula is C62H102O32. The second kappa shape index (κ2) is 29.4. The zero-order chi connectivity index (χ0) is 67.9. The van der Waals surface area contributed by atoms with Crippen LogP contribution < -0.4 is 0 Å². The Morgan fingerprint density at radius 3 is 1.73 bits per heavy atom. The van der Waals surface area contributed by atoms with Crippen LogP contribution in [0.2, 0.25) is 0 Å². The Bertz CT molecular complexity index is 2490. The monoisotopic (exact) mass is 1360 g/mol. The van der Waals surface area contributed by atoms with Crippen molar-refractivity contribution in [3.63, 3.8) is 0 Å². The molecule has 0 unspecified atom stereocenters. The Balaban J connectivity index is 0.786. The van der Waals surface area contributed by atoms with E-state index in [1.165, 1.54) is 6.92 Å². The summed E-state index contributed by atoms with van der Waals surface area (Å²) in [5.41, 5.74) is -1.03. The molecule has 0 aromatic carbocycles. The van der Waals surface area contributed by atoms with Gasteiger partial charge >= 0.3 is 0 Å². The number of fused-ring (bicyclic) bond motifs is 7. The number of carbonyl (C=O) groups is 1. The van der Waals surface area contributed by atoms with E-state index in [9.17, 15) is 86.8 Å². The molecule has 0 radical (unpaired) electrons. The average Bonchev–Trinajstić information content (AvgIpc) is 1.49. The number of ketones is 1. The van der Waals surface area contributed by atoms with E-state index in [0.29, 0.717) is 44.9 Å². The van der Waals surface area contributed by atoms with Crippen LogP contribution in [0.25, 0.3) is 0 Å². The lowest BCUT2D eigenvalue weighted by atomic mass is 9.44. The highest BCUT2D eigenvalue weighted by molar-refractivity contribution is 5.87. The van der Waals surface area contributed by atoms with Crippen LogP contribution in [0.1, 0.15) is 92.4 Å². The maximum Gasteiger partial charge on any atom is 0.187 e. The molecule has 17 N–H and O–H groups in total. The first-order valence-electron chi connectivity index (χ1n) is 33.4. The van der Waals surface area contributed by atoms with E-state index in [1.54, 1.807) is 7.11 Å². The number of hydrogen-bond donors (Lipinski definition) is 17. The number of Topliss-reactive ketones (excluding diaryl/α,β-unsaturated/α-hetero) is 1. The Morgan fingerprint density at radius 1 is 0.543 bits per heavy atom. The topological polar surface area (TPSA) is 490 Å². The number of rotatable bonds is 20. The molecule has 0 aromatic rings. The molecule has 4 aliphatic carbocycles. The van der Waals surface area contributed by atoms with Crippen molar-refractivity contribution in [2.75, 3.05) is 46.8 Å². The van der Waals surface area contributed by atoms with E-state index >= 15 is 4.79 Å². The van der Waals surface area contributed by atoms with Crippen LogP contribution in [-0.4, -0.2) is 329 Å². The summed E-state index contributed by atoms with van der Waals surface area (Å²) in [6.45, 7) is 6.40. The molecule has 0 aromatic heterocycles. The van der Waals surface area contributed by atoms with Crippen molar-refractivity contribution >= 4 is 5.78 Å². The van der Waals surface area contributed by atoms with E-state index in [0.717, 1.165) is 12.8 Å². The van der Waals surface area contributed by atoms with Gasteiger partial charge in [-0.2, -0.15) is 0 Å². The molecule has 7 heterocycles. The number of aliphatic hydroxyl groups excluding tert-OH is 17. The van der Waals surface area contributed by atoms with Crippen LogP contribution in [0.5, 0.6) is 0 Å². The number of methoxy groups -OCH3 is 1. The van der Waals surface area contributed by atoms with Gasteiger partial charge in [0.25, 0.3) is 0 Å². The molecular weight excluding hydrogens is 1260 g/mol. The van der Waals surface area contributed by atoms with Crippen LogP contribution in [0, 0.1) is 52.3 Å². The van der Waals surface area contributed by atoms with E-state index < -0.39 is 222 Å². The minimum atomic E-state index is -1.99. The lowest BCUT2D eigenvalue weighted by molar-refractivity contribution is -0.408. The van der Waals surface area contributed by atoms with Gasteiger partial charge in [-0.3, -0.25) is 4.79 Å². The van der Waals surface area contributed by atoms with E-state index in [4.69, 9.17) is 66.3 Å². The average molecular weight is 1360 g/mol. The lowest BCUT2D eigenvalue weighted by Crippen LogP contribution is -2.68. The number of hydrogen-bond acceptors (Lipinski definition) is 32. The predicted octanol–water partition coefficient (Wildman–Crippen LogP) is -6.17. The van der Waals surface area contributed by atoms with Crippen LogP contribution in [-0.2, 0) is 71.1 Å². The third kappa shape index (κ3) is 13.4. The Morgan fingerprint density at radius 2 is 1.10 bits per heavy atom. The van der Waals surface area contributed by atoms with Crippen molar-refractivity contribution in [3.8, 4) is 0 Å². The minimum Gasteiger partial charge on any atom is -0.394 e. The zero-order valence-electron chi connectivity index (χ0n) is 53.7. The van der Waals surface area contributed by atoms with Gasteiger partial charge in [0.05, 0.1) is 58.0 Å². The molecule has 11 rings (SSSR count). The highest BCUT2D eigenvalue weighted by Crippen LogP contribution is 2.70. The summed E-state index contributed by atoms with van der Waals surface area (Å²) in [4.78, 5) is 15.2. The first-order chi connectivity index (χ1) is 44.5. The van der Waals surface area contributed by atoms with Gasteiger partial charge < -0.3 is 153 Å². The normalized spacial score (nSPS) is 54.9. The highest BCUT2D eigenvalue weighted by atomic mass is 16.8. The summed E-state index contributed by atoms with van der Waals surface area (Å²) in [7, 11) is 1.62. The van der Waals surface area contributed by atoms with Gasteiger partial charge in [-0.05, 0) is 86.9 Å². The summed E-state index contributed by atoms with van der Waals surface area (Å²) in [6, 6.07) is 0. The molecule has 7 saturated heterocycles. The Kier molecular flexibility index (Phi) is 23.0. The fraction of sp³-hybridized carbons (Fsp3) is 0.984. The van der Waals surface area contributed by atoms with Crippen molar-refractivity contribution in [1.29, 1.82) is 0 Å². The lowest BCUT2D eigenvalue weighted by Gasteiger charge is -2.60. The Hall–Kier alpha value is -1.57. The Labute approximate surface area is 543 Å². The maximum absolute atomic E-state index is 15.2. The van der Waals surface area contributed by atoms with Crippen molar-refractivity contribution in [3.05, 3.63) is 0 Å². The van der Waals surface area contributed by atoms with E-state index in [-0.39, 0.29) is 65.3 Å². The molecule has 40 atom stereocenters. The van der Waals surface area contributed by atoms with Gasteiger partial charge in [-0.15, -0.1) is 0 Å². The third-order valence-corrected chi connectivity index (χ3v) is 23.7. The largest absolute Gasteiger partial charge is 0.394 e. The van der Waals surface area contributed by atoms with Gasteiger partial charge in [0.2, 0.25) is 0 Å². The van der Waals surface area contributed by atoms with Crippen molar-refractivity contribution in [2.45, 2.75) is 282 Å². The molecule has 4 saturated carbocycles. The molecule has 94 heavy (non-hydrogen) atoms. The fourth-order valence-electron chi connectivity index (χ4n) is 18.0. The van der Waals surface area contributed by atoms with Gasteiger partial charge in [0, 0.05) is 37.2 Å². The molecule has 0 amide bonds. The van der Waals surface area contributed by atoms with Crippen molar-refractivity contribution < 1.29 is 158 Å². The van der Waals surface area contributed by atoms with E-state index in [2.05, 4.69) is 20.8 Å². The first-order valence-corrected chi connectivity index (χ1v) is 33.4. The molecule has 7 aliphatic heterocycles. The number of aliphatic hydroxyl groups is 17. The van der Waals surface area contributed by atoms with E-state index in [1.807, 2.05) is 6.92 Å². The SMILES string of the molecule is CO[C@]1(CC[C@@H](C)CO[C@@H]2O[C@H](CO)[C@@H](O)[C@H](O)[C@H]2O)O[C@H]2C[C@H]3[C@@H]4CC[C@H]5C[C@@H](O[C@@H]6O[C@H](CO)[C@H](O[C@@H]7O[C@H](CO)[C@@H](O)[C@H](O[C@@H]8OC[C@@H](O)[C@H](O)[C@H]8O)[C@H]7O[C@@H]7OC[C@@H](O)[C@H](O)[C@H]7O)[C@H](O)[C@H]6O[C@@H]6O[C@@H](C)[C@H](O)[C@@H](O)[C@H]6O)CC[C@]5(C)[C@H]4CC(=O)[C@]3(C)[C@H]2[C@@H]1C. The standard InChI is InChI=1S/C62H102O32/c1-22(19-82-54-47(78)44(75)41(72)33(16-63)87-54)9-12-62(81-6)23(2)37-32(94-62)14-29-27-8-7-25-13-26(10-11-60(25,4)28(27)15-36(68)61(29,37)5)86-58-52(92-57-48(79)43(74)38(69)24(3)85-57)49(80)50(35(18-65)89-58)90-59-53(93-56-46(77)40(71)31(67)21-84-56)51(42(73)34(17-64)88-59)91-55-45(76)39(70)30(66)20-83-55/h22-35,37-59,63-67,69-80H,7-21H2,1-6H3/t22-,23+,24+,25+,26+,27-,28+,29+,30-,31-,32+,33-,34-,35-,37+,38+,39+,40+,41-,42-,43-,44+,45-,46-,47-,48-,49+,50+,51+,52-,53-,54-,55+,56+,57+,58-,59+,60+,61-,62-/m1/s1. The molecule has 11 aliphatic rings. The second-order valence-corrected chi connectivity index (χ2v) is 29.0. The molecule has 32 nitrogen and oxygen atoms in total. The van der Waals surface area contributed by atoms with Crippen LogP contribution in [0.15, 0.2) is 0 Å². The summed E-state index contributed by atoms with van der Waals surface area (Å²) in [6.07, 6.45) is -43.1. The smallest absolute Gasteiger partial charge is 0.187 e. The number of carbonyl (C=O) groups excluding carboxylic acids is 1. The van der Waals surface area contributed by atoms with Gasteiger partial charge in [0.15, 0.2) is 43.5 Å². The van der Waals surface area contributed by atoms with Crippen molar-refractivity contribution in [2.24, 2.45) is 52.3 Å². The van der Waals surface area contributed by atoms with Crippen molar-refractivity contribution in [1.82, 2.24) is 0 Å². The number of ether oxygens (including phenoxy) is 14. The third-order valence-electron chi connectivity index (χ3n) is 23.7.